The van der Waals surface area contributed by atoms with Crippen LogP contribution in [0.1, 0.15) is 43.2 Å². The summed E-state index contributed by atoms with van der Waals surface area (Å²) in [6, 6.07) is 10.7. The Morgan fingerprint density at radius 1 is 1.07 bits per heavy atom. The van der Waals surface area contributed by atoms with Crippen LogP contribution in [0.15, 0.2) is 72.6 Å². The van der Waals surface area contributed by atoms with Crippen LogP contribution in [-0.2, 0) is 0 Å². The van der Waals surface area contributed by atoms with Crippen LogP contribution >= 0.6 is 11.3 Å². The fourth-order valence-corrected chi connectivity index (χ4v) is 6.91. The summed E-state index contributed by atoms with van der Waals surface area (Å²) < 4.78 is 0. The smallest absolute Gasteiger partial charge is 0.135 e. The first-order chi connectivity index (χ1) is 19.6. The number of fused-ring (bicyclic) bond motifs is 2. The van der Waals surface area contributed by atoms with Gasteiger partial charge in [0, 0.05) is 33.4 Å². The van der Waals surface area contributed by atoms with E-state index in [1.165, 1.54) is 41.0 Å². The summed E-state index contributed by atoms with van der Waals surface area (Å²) in [6.07, 6.45) is 18.5. The molecular formula is C33H34N6S. The molecule has 0 aromatic carbocycles. The Balaban J connectivity index is 1.21. The van der Waals surface area contributed by atoms with Crippen molar-refractivity contribution in [2.75, 3.05) is 13.1 Å². The molecule has 0 saturated heterocycles. The number of nitrogens with one attached hydrogen (secondary N) is 3. The third-order valence-electron chi connectivity index (χ3n) is 8.14. The van der Waals surface area contributed by atoms with Crippen molar-refractivity contribution in [3.8, 4) is 21.8 Å². The number of H-pyrrole nitrogens is 2. The third kappa shape index (κ3) is 4.95. The van der Waals surface area contributed by atoms with Gasteiger partial charge in [0.15, 0.2) is 0 Å². The SMILES string of the molecule is Cc1ccc(-c2cncc3[nH]c(-c4n[nH]c5ccc(C6=C[C@@H](C)C=CC(CNCC7CCCC7)=C6)nc45)cc23)s1. The van der Waals surface area contributed by atoms with Gasteiger partial charge in [-0.15, -0.1) is 11.3 Å². The van der Waals surface area contributed by atoms with E-state index in [0.717, 1.165) is 69.2 Å². The van der Waals surface area contributed by atoms with E-state index in [-0.39, 0.29) is 0 Å². The Hall–Kier alpha value is -3.81. The predicted octanol–water partition coefficient (Wildman–Crippen LogP) is 7.83. The van der Waals surface area contributed by atoms with E-state index >= 15 is 0 Å². The van der Waals surface area contributed by atoms with Gasteiger partial charge in [0.1, 0.15) is 11.2 Å². The molecule has 2 aliphatic rings. The van der Waals surface area contributed by atoms with E-state index in [2.05, 4.69) is 94.0 Å². The first-order valence-corrected chi connectivity index (χ1v) is 15.1. The van der Waals surface area contributed by atoms with Crippen molar-refractivity contribution in [1.29, 1.82) is 0 Å². The largest absolute Gasteiger partial charge is 0.352 e. The summed E-state index contributed by atoms with van der Waals surface area (Å²) in [4.78, 5) is 15.7. The van der Waals surface area contributed by atoms with Gasteiger partial charge in [-0.3, -0.25) is 10.1 Å². The number of pyridine rings is 2. The van der Waals surface area contributed by atoms with E-state index in [4.69, 9.17) is 4.98 Å². The zero-order chi connectivity index (χ0) is 27.1. The highest BCUT2D eigenvalue weighted by atomic mass is 32.1. The fourth-order valence-electron chi connectivity index (χ4n) is 6.02. The lowest BCUT2D eigenvalue weighted by molar-refractivity contribution is 0.503. The van der Waals surface area contributed by atoms with Gasteiger partial charge < -0.3 is 10.3 Å². The molecule has 0 radical (unpaired) electrons. The van der Waals surface area contributed by atoms with Crippen LogP contribution in [0.4, 0.5) is 0 Å². The van der Waals surface area contributed by atoms with E-state index in [1.807, 2.05) is 12.4 Å². The quantitative estimate of drug-likeness (QED) is 0.194. The van der Waals surface area contributed by atoms with Crippen LogP contribution in [0.3, 0.4) is 0 Å². The van der Waals surface area contributed by atoms with Gasteiger partial charge in [-0.25, -0.2) is 4.98 Å². The van der Waals surface area contributed by atoms with Crippen LogP contribution in [-0.4, -0.2) is 38.2 Å². The molecule has 0 bridgehead atoms. The van der Waals surface area contributed by atoms with Gasteiger partial charge in [-0.1, -0.05) is 38.0 Å². The highest BCUT2D eigenvalue weighted by molar-refractivity contribution is 7.15. The molecule has 7 rings (SSSR count). The maximum atomic E-state index is 5.15. The standard InChI is InChI=1S/C33H34N6S/c1-20-7-9-23(17-34-16-22-5-3-4-6-22)14-24(13-20)27-10-11-28-32(37-27)33(39-38-28)29-15-25-26(18-35-19-30(25)36-29)31-12-8-21(2)40-31/h7-15,18-20,22,34,36H,3-6,16-17H2,1-2H3,(H,38,39)/t20-/m0/s1. The summed E-state index contributed by atoms with van der Waals surface area (Å²) in [7, 11) is 0. The van der Waals surface area contributed by atoms with Crippen LogP contribution in [0, 0.1) is 18.8 Å². The lowest BCUT2D eigenvalue weighted by atomic mass is 10.0. The number of aromatic amines is 2. The summed E-state index contributed by atoms with van der Waals surface area (Å²) in [5.74, 6) is 1.17. The van der Waals surface area contributed by atoms with Gasteiger partial charge in [-0.05, 0) is 85.7 Å². The van der Waals surface area contributed by atoms with Crippen LogP contribution in [0.5, 0.6) is 0 Å². The number of aryl methyl sites for hydroxylation is 1. The molecule has 40 heavy (non-hydrogen) atoms. The Morgan fingerprint density at radius 2 is 1.98 bits per heavy atom. The molecular weight excluding hydrogens is 512 g/mol. The summed E-state index contributed by atoms with van der Waals surface area (Å²) in [5, 5.41) is 12.7. The monoisotopic (exact) mass is 546 g/mol. The maximum absolute atomic E-state index is 5.15. The Kier molecular flexibility index (Phi) is 6.69. The van der Waals surface area contributed by atoms with Gasteiger partial charge >= 0.3 is 0 Å². The average Bonchev–Trinajstić information content (AvgIpc) is 3.75. The molecule has 0 aliphatic heterocycles. The Labute approximate surface area is 238 Å². The van der Waals surface area contributed by atoms with Crippen molar-refractivity contribution in [2.24, 2.45) is 11.8 Å². The average molecular weight is 547 g/mol. The second-order valence-corrected chi connectivity index (χ2v) is 12.5. The van der Waals surface area contributed by atoms with Gasteiger partial charge in [0.05, 0.1) is 28.6 Å². The van der Waals surface area contributed by atoms with E-state index in [0.29, 0.717) is 5.92 Å². The minimum absolute atomic E-state index is 0.334. The topological polar surface area (TPSA) is 82.3 Å². The second kappa shape index (κ2) is 10.6. The number of thiophene rings is 1. The molecule has 5 aromatic heterocycles. The highest BCUT2D eigenvalue weighted by Crippen LogP contribution is 2.36. The molecule has 1 atom stereocenters. The van der Waals surface area contributed by atoms with Crippen molar-refractivity contribution >= 4 is 38.8 Å². The number of aromatic nitrogens is 5. The van der Waals surface area contributed by atoms with Crippen LogP contribution in [0.25, 0.3) is 49.3 Å². The van der Waals surface area contributed by atoms with Crippen molar-refractivity contribution < 1.29 is 0 Å². The normalized spacial score (nSPS) is 18.0. The molecule has 202 valence electrons. The van der Waals surface area contributed by atoms with Crippen molar-refractivity contribution in [1.82, 2.24) is 30.5 Å². The lowest BCUT2D eigenvalue weighted by Gasteiger charge is -2.11. The fraction of sp³-hybridized carbons (Fsp3) is 0.303. The van der Waals surface area contributed by atoms with Crippen LogP contribution in [0.2, 0.25) is 0 Å². The van der Waals surface area contributed by atoms with Crippen molar-refractivity contribution in [3.05, 3.63) is 83.2 Å². The summed E-state index contributed by atoms with van der Waals surface area (Å²) in [5.41, 5.74) is 9.09. The minimum Gasteiger partial charge on any atom is -0.352 e. The lowest BCUT2D eigenvalue weighted by Crippen LogP contribution is -2.23. The number of rotatable bonds is 7. The molecule has 2 aliphatic carbocycles. The number of allylic oxidation sites excluding steroid dienone is 4. The first-order valence-electron chi connectivity index (χ1n) is 14.3. The zero-order valence-electron chi connectivity index (χ0n) is 23.0. The maximum Gasteiger partial charge on any atom is 0.135 e. The molecule has 7 heteroatoms. The molecule has 0 unspecified atom stereocenters. The number of hydrogen-bond acceptors (Lipinski definition) is 5. The minimum atomic E-state index is 0.334. The van der Waals surface area contributed by atoms with Gasteiger partial charge in [-0.2, -0.15) is 5.10 Å². The highest BCUT2D eigenvalue weighted by Gasteiger charge is 2.18. The van der Waals surface area contributed by atoms with Crippen molar-refractivity contribution in [2.45, 2.75) is 39.5 Å². The van der Waals surface area contributed by atoms with Gasteiger partial charge in [0.2, 0.25) is 0 Å². The predicted molar refractivity (Wildman–Crippen MR) is 166 cm³/mol. The third-order valence-corrected chi connectivity index (χ3v) is 9.18. The van der Waals surface area contributed by atoms with E-state index in [9.17, 15) is 0 Å². The molecule has 5 heterocycles. The van der Waals surface area contributed by atoms with Gasteiger partial charge in [0.25, 0.3) is 0 Å². The van der Waals surface area contributed by atoms with Crippen molar-refractivity contribution in [3.63, 3.8) is 0 Å². The zero-order valence-corrected chi connectivity index (χ0v) is 23.8. The van der Waals surface area contributed by atoms with E-state index < -0.39 is 0 Å². The molecule has 3 N–H and O–H groups in total. The summed E-state index contributed by atoms with van der Waals surface area (Å²) in [6.45, 7) is 6.35. The van der Waals surface area contributed by atoms with Crippen LogP contribution < -0.4 is 5.32 Å². The molecule has 6 nitrogen and oxygen atoms in total. The molecule has 0 amide bonds. The Bertz CT molecular complexity index is 1770. The first kappa shape index (κ1) is 25.2. The van der Waals surface area contributed by atoms with E-state index in [1.54, 1.807) is 11.3 Å². The molecule has 5 aromatic rings. The number of hydrogen-bond donors (Lipinski definition) is 3. The molecule has 0 spiro atoms. The number of nitrogens with zero attached hydrogens (tertiary/aromatic N) is 3. The second-order valence-electron chi connectivity index (χ2n) is 11.2. The Morgan fingerprint density at radius 3 is 2.83 bits per heavy atom. The summed E-state index contributed by atoms with van der Waals surface area (Å²) >= 11 is 1.79. The molecule has 1 fully saturated rings. The molecule has 1 saturated carbocycles.